The average molecular weight is 287 g/mol. The van der Waals surface area contributed by atoms with Crippen LogP contribution in [-0.4, -0.2) is 10.4 Å². The zero-order valence-corrected chi connectivity index (χ0v) is 14.0. The van der Waals surface area contributed by atoms with E-state index in [9.17, 15) is 4.79 Å². The van der Waals surface area contributed by atoms with E-state index in [1.54, 1.807) is 0 Å². The third-order valence-corrected chi connectivity index (χ3v) is 5.62. The summed E-state index contributed by atoms with van der Waals surface area (Å²) in [5, 5.41) is 0. The molecule has 1 saturated carbocycles. The molecular weight excluding hydrogens is 258 g/mol. The zero-order chi connectivity index (χ0) is 15.2. The summed E-state index contributed by atoms with van der Waals surface area (Å²) in [4.78, 5) is 12.5. The molecule has 21 heavy (non-hydrogen) atoms. The monoisotopic (exact) mass is 287 g/mol. The second-order valence-corrected chi connectivity index (χ2v) is 8.05. The summed E-state index contributed by atoms with van der Waals surface area (Å²) < 4.78 is 2.54. The lowest BCUT2D eigenvalue weighted by Crippen LogP contribution is -2.30. The van der Waals surface area contributed by atoms with E-state index in [0.717, 1.165) is 17.9 Å². The van der Waals surface area contributed by atoms with Crippen LogP contribution in [0.2, 0.25) is 0 Å². The van der Waals surface area contributed by atoms with Gasteiger partial charge in [0.2, 0.25) is 0 Å². The molecule has 0 saturated heterocycles. The van der Waals surface area contributed by atoms with E-state index >= 15 is 0 Å². The number of carbonyl (C=O) groups is 1. The summed E-state index contributed by atoms with van der Waals surface area (Å²) in [5.41, 5.74) is 3.76. The first-order valence-corrected chi connectivity index (χ1v) is 8.65. The van der Waals surface area contributed by atoms with Crippen molar-refractivity contribution in [2.45, 2.75) is 78.7 Å². The third-order valence-electron chi connectivity index (χ3n) is 5.62. The highest BCUT2D eigenvalue weighted by molar-refractivity contribution is 5.99. The molecule has 2 nitrogen and oxygen atoms in total. The highest BCUT2D eigenvalue weighted by Crippen LogP contribution is 2.41. The Labute approximate surface area is 128 Å². The molecule has 0 bridgehead atoms. The second kappa shape index (κ2) is 5.30. The lowest BCUT2D eigenvalue weighted by atomic mass is 9.76. The van der Waals surface area contributed by atoms with E-state index in [0.29, 0.717) is 18.2 Å². The molecule has 0 amide bonds. The van der Waals surface area contributed by atoms with E-state index in [4.69, 9.17) is 0 Å². The van der Waals surface area contributed by atoms with Crippen molar-refractivity contribution in [1.82, 2.24) is 4.57 Å². The van der Waals surface area contributed by atoms with Crippen LogP contribution in [-0.2, 0) is 6.42 Å². The predicted octanol–water partition coefficient (Wildman–Crippen LogP) is 5.09. The molecule has 3 rings (SSSR count). The molecule has 0 N–H and O–H groups in total. The fraction of sp³-hybridized carbons (Fsp3) is 0.737. The Balaban J connectivity index is 1.98. The van der Waals surface area contributed by atoms with Crippen LogP contribution in [0.4, 0.5) is 0 Å². The number of fused-ring (bicyclic) bond motifs is 1. The van der Waals surface area contributed by atoms with Crippen LogP contribution in [0.3, 0.4) is 0 Å². The standard InChI is InChI=1S/C19H29NO/c1-5-14-7-6-8-15(10-14)20-13(2)9-16-17(20)11-19(3,4)12-18(16)21/h9,14-15H,5-8,10-12H2,1-4H3. The predicted molar refractivity (Wildman–Crippen MR) is 86.9 cm³/mol. The van der Waals surface area contributed by atoms with Crippen molar-refractivity contribution in [2.24, 2.45) is 11.3 Å². The van der Waals surface area contributed by atoms with Crippen LogP contribution in [0.25, 0.3) is 0 Å². The fourth-order valence-corrected chi connectivity index (χ4v) is 4.55. The number of rotatable bonds is 2. The zero-order valence-electron chi connectivity index (χ0n) is 14.0. The van der Waals surface area contributed by atoms with Gasteiger partial charge in [-0.15, -0.1) is 0 Å². The summed E-state index contributed by atoms with van der Waals surface area (Å²) in [6, 6.07) is 2.77. The maximum absolute atomic E-state index is 12.5. The summed E-state index contributed by atoms with van der Waals surface area (Å²) in [5.74, 6) is 1.22. The normalized spacial score (nSPS) is 28.5. The van der Waals surface area contributed by atoms with Gasteiger partial charge in [-0.3, -0.25) is 4.79 Å². The van der Waals surface area contributed by atoms with Crippen LogP contribution >= 0.6 is 0 Å². The molecule has 2 aliphatic rings. The van der Waals surface area contributed by atoms with Crippen molar-refractivity contribution in [3.63, 3.8) is 0 Å². The molecule has 0 aliphatic heterocycles. The van der Waals surface area contributed by atoms with Crippen molar-refractivity contribution >= 4 is 5.78 Å². The topological polar surface area (TPSA) is 22.0 Å². The highest BCUT2D eigenvalue weighted by Gasteiger charge is 2.35. The number of nitrogens with zero attached hydrogens (tertiary/aromatic N) is 1. The van der Waals surface area contributed by atoms with Crippen LogP contribution in [0.5, 0.6) is 0 Å². The quantitative estimate of drug-likeness (QED) is 0.742. The number of aromatic nitrogens is 1. The number of Topliss-reactive ketones (excluding diaryl/α,β-unsaturated/α-hetero) is 1. The van der Waals surface area contributed by atoms with E-state index in [1.807, 2.05) is 0 Å². The molecule has 1 heterocycles. The number of aryl methyl sites for hydroxylation is 1. The fourth-order valence-electron chi connectivity index (χ4n) is 4.55. The minimum atomic E-state index is 0.117. The second-order valence-electron chi connectivity index (χ2n) is 8.05. The molecule has 1 aromatic rings. The summed E-state index contributed by atoms with van der Waals surface area (Å²) >= 11 is 0. The van der Waals surface area contributed by atoms with Gasteiger partial charge < -0.3 is 4.57 Å². The first kappa shape index (κ1) is 14.9. The van der Waals surface area contributed by atoms with Crippen LogP contribution < -0.4 is 0 Å². The Morgan fingerprint density at radius 3 is 2.76 bits per heavy atom. The summed E-state index contributed by atoms with van der Waals surface area (Å²) in [6.07, 6.45) is 8.36. The molecule has 1 fully saturated rings. The third kappa shape index (κ3) is 2.69. The van der Waals surface area contributed by atoms with Gasteiger partial charge in [-0.05, 0) is 43.6 Å². The molecule has 2 atom stereocenters. The molecule has 0 spiro atoms. The first-order valence-electron chi connectivity index (χ1n) is 8.65. The molecule has 2 aliphatic carbocycles. The maximum atomic E-state index is 12.5. The van der Waals surface area contributed by atoms with Crippen LogP contribution in [0.1, 0.15) is 87.1 Å². The smallest absolute Gasteiger partial charge is 0.165 e. The van der Waals surface area contributed by atoms with Crippen molar-refractivity contribution in [2.75, 3.05) is 0 Å². The average Bonchev–Trinajstić information content (AvgIpc) is 2.74. The van der Waals surface area contributed by atoms with Crippen LogP contribution in [0.15, 0.2) is 6.07 Å². The van der Waals surface area contributed by atoms with Gasteiger partial charge in [-0.25, -0.2) is 0 Å². The van der Waals surface area contributed by atoms with Crippen LogP contribution in [0, 0.1) is 18.3 Å². The van der Waals surface area contributed by atoms with Gasteiger partial charge in [0.25, 0.3) is 0 Å². The number of ketones is 1. The molecule has 116 valence electrons. The maximum Gasteiger partial charge on any atom is 0.165 e. The number of hydrogen-bond acceptors (Lipinski definition) is 1. The van der Waals surface area contributed by atoms with Gasteiger partial charge in [0.1, 0.15) is 0 Å². The van der Waals surface area contributed by atoms with Crippen molar-refractivity contribution < 1.29 is 4.79 Å². The minimum absolute atomic E-state index is 0.117. The molecule has 2 unspecified atom stereocenters. The Morgan fingerprint density at radius 1 is 1.29 bits per heavy atom. The first-order chi connectivity index (χ1) is 9.91. The Morgan fingerprint density at radius 2 is 2.05 bits per heavy atom. The van der Waals surface area contributed by atoms with Gasteiger partial charge in [0.05, 0.1) is 0 Å². The lowest BCUT2D eigenvalue weighted by molar-refractivity contribution is 0.0908. The molecule has 1 aromatic heterocycles. The van der Waals surface area contributed by atoms with Gasteiger partial charge >= 0.3 is 0 Å². The van der Waals surface area contributed by atoms with Crippen molar-refractivity contribution in [3.05, 3.63) is 23.0 Å². The van der Waals surface area contributed by atoms with Gasteiger partial charge in [-0.2, -0.15) is 0 Å². The SMILES string of the molecule is CCC1CCCC(n2c(C)cc3c2CC(C)(C)CC3=O)C1. The Bertz CT molecular complexity index is 552. The highest BCUT2D eigenvalue weighted by atomic mass is 16.1. The lowest BCUT2D eigenvalue weighted by Gasteiger charge is -2.35. The molecule has 0 radical (unpaired) electrons. The molecule has 0 aromatic carbocycles. The van der Waals surface area contributed by atoms with E-state index in [2.05, 4.69) is 38.3 Å². The Hall–Kier alpha value is -1.05. The van der Waals surface area contributed by atoms with E-state index in [-0.39, 0.29) is 5.41 Å². The summed E-state index contributed by atoms with van der Waals surface area (Å²) in [7, 11) is 0. The van der Waals surface area contributed by atoms with Gasteiger partial charge in [0, 0.05) is 29.4 Å². The molecular formula is C19H29NO. The Kier molecular flexibility index (Phi) is 3.75. The van der Waals surface area contributed by atoms with Gasteiger partial charge in [0.15, 0.2) is 5.78 Å². The molecule has 2 heteroatoms. The van der Waals surface area contributed by atoms with E-state index < -0.39 is 0 Å². The number of hydrogen-bond donors (Lipinski definition) is 0. The largest absolute Gasteiger partial charge is 0.345 e. The van der Waals surface area contributed by atoms with Crippen molar-refractivity contribution in [3.8, 4) is 0 Å². The van der Waals surface area contributed by atoms with Crippen molar-refractivity contribution in [1.29, 1.82) is 0 Å². The number of carbonyl (C=O) groups excluding carboxylic acids is 1. The summed E-state index contributed by atoms with van der Waals surface area (Å²) in [6.45, 7) is 8.97. The van der Waals surface area contributed by atoms with E-state index in [1.165, 1.54) is 43.5 Å². The minimum Gasteiger partial charge on any atom is -0.345 e. The van der Waals surface area contributed by atoms with Gasteiger partial charge in [-0.1, -0.05) is 40.0 Å².